The van der Waals surface area contributed by atoms with Crippen molar-refractivity contribution in [2.45, 2.75) is 32.0 Å². The van der Waals surface area contributed by atoms with E-state index in [0.717, 1.165) is 18.0 Å². The highest BCUT2D eigenvalue weighted by Crippen LogP contribution is 2.30. The summed E-state index contributed by atoms with van der Waals surface area (Å²) in [6, 6.07) is 7.81. The Labute approximate surface area is 155 Å². The van der Waals surface area contributed by atoms with E-state index in [1.807, 2.05) is 30.0 Å². The summed E-state index contributed by atoms with van der Waals surface area (Å²) < 4.78 is 37.9. The van der Waals surface area contributed by atoms with Gasteiger partial charge in [-0.05, 0) is 44.0 Å². The lowest BCUT2D eigenvalue weighted by atomic mass is 9.95. The monoisotopic (exact) mass is 378 g/mol. The molecule has 0 radical (unpaired) electrons. The van der Waals surface area contributed by atoms with Crippen molar-refractivity contribution in [3.63, 3.8) is 0 Å². The van der Waals surface area contributed by atoms with Gasteiger partial charge in [0.15, 0.2) is 0 Å². The fourth-order valence-electron chi connectivity index (χ4n) is 3.15. The Morgan fingerprint density at radius 2 is 1.93 bits per heavy atom. The van der Waals surface area contributed by atoms with Crippen molar-refractivity contribution in [2.75, 3.05) is 18.0 Å². The molecule has 1 amide bonds. The van der Waals surface area contributed by atoms with Crippen molar-refractivity contribution in [3.05, 3.63) is 54.0 Å². The number of pyridine rings is 2. The van der Waals surface area contributed by atoms with Crippen molar-refractivity contribution < 1.29 is 18.0 Å². The SMILES string of the molecule is C[C@H](NC(=O)C1CCN(c2ccc(C(F)(F)F)cn2)CC1)c1ccccn1. The maximum absolute atomic E-state index is 12.6. The highest BCUT2D eigenvalue weighted by Gasteiger charge is 2.31. The maximum Gasteiger partial charge on any atom is 0.417 e. The van der Waals surface area contributed by atoms with Crippen molar-refractivity contribution in [3.8, 4) is 0 Å². The lowest BCUT2D eigenvalue weighted by Gasteiger charge is -2.32. The number of aromatic nitrogens is 2. The fraction of sp³-hybridized carbons (Fsp3) is 0.421. The van der Waals surface area contributed by atoms with Gasteiger partial charge >= 0.3 is 6.18 Å². The van der Waals surface area contributed by atoms with Gasteiger partial charge in [0.05, 0.1) is 17.3 Å². The standard InChI is InChI=1S/C19H21F3N4O/c1-13(16-4-2-3-9-23-16)25-18(27)14-7-10-26(11-8-14)17-6-5-15(12-24-17)19(20,21)22/h2-6,9,12-14H,7-8,10-11H2,1H3,(H,25,27)/t13-/m0/s1. The van der Waals surface area contributed by atoms with Crippen molar-refractivity contribution in [1.82, 2.24) is 15.3 Å². The van der Waals surface area contributed by atoms with Crippen LogP contribution in [0.15, 0.2) is 42.7 Å². The minimum atomic E-state index is -4.39. The number of nitrogens with one attached hydrogen (secondary N) is 1. The van der Waals surface area contributed by atoms with Crippen LogP contribution in [0, 0.1) is 5.92 Å². The van der Waals surface area contributed by atoms with Gasteiger partial charge in [0.1, 0.15) is 5.82 Å². The van der Waals surface area contributed by atoms with Crippen LogP contribution in [0.1, 0.15) is 37.1 Å². The largest absolute Gasteiger partial charge is 0.417 e. The van der Waals surface area contributed by atoms with E-state index in [4.69, 9.17) is 0 Å². The number of rotatable bonds is 4. The van der Waals surface area contributed by atoms with Crippen molar-refractivity contribution >= 4 is 11.7 Å². The highest BCUT2D eigenvalue weighted by molar-refractivity contribution is 5.79. The first-order chi connectivity index (χ1) is 12.8. The molecule has 0 bridgehead atoms. The maximum atomic E-state index is 12.6. The molecule has 5 nitrogen and oxygen atoms in total. The molecule has 0 unspecified atom stereocenters. The van der Waals surface area contributed by atoms with Crippen LogP contribution in [0.5, 0.6) is 0 Å². The smallest absolute Gasteiger partial charge is 0.357 e. The molecule has 2 aromatic heterocycles. The third kappa shape index (κ3) is 4.75. The van der Waals surface area contributed by atoms with Gasteiger partial charge in [0.2, 0.25) is 5.91 Å². The molecule has 3 heterocycles. The molecule has 1 fully saturated rings. The van der Waals surface area contributed by atoms with E-state index >= 15 is 0 Å². The summed E-state index contributed by atoms with van der Waals surface area (Å²) >= 11 is 0. The molecule has 27 heavy (non-hydrogen) atoms. The fourth-order valence-corrected chi connectivity index (χ4v) is 3.15. The zero-order valence-corrected chi connectivity index (χ0v) is 14.9. The van der Waals surface area contributed by atoms with Gasteiger partial charge in [0.25, 0.3) is 0 Å². The van der Waals surface area contributed by atoms with Crippen LogP contribution in [0.2, 0.25) is 0 Å². The van der Waals surface area contributed by atoms with Gasteiger partial charge in [-0.1, -0.05) is 6.07 Å². The predicted octanol–water partition coefficient (Wildman–Crippen LogP) is 3.59. The summed E-state index contributed by atoms with van der Waals surface area (Å²) in [5.74, 6) is 0.360. The molecule has 0 aliphatic carbocycles. The van der Waals surface area contributed by atoms with Crippen molar-refractivity contribution in [1.29, 1.82) is 0 Å². The average molecular weight is 378 g/mol. The minimum absolute atomic E-state index is 0.0202. The first-order valence-corrected chi connectivity index (χ1v) is 8.84. The zero-order chi connectivity index (χ0) is 19.4. The van der Waals surface area contributed by atoms with Gasteiger partial charge in [0, 0.05) is 31.4 Å². The summed E-state index contributed by atoms with van der Waals surface area (Å²) in [7, 11) is 0. The molecule has 1 aliphatic rings. The predicted molar refractivity (Wildman–Crippen MR) is 95.0 cm³/mol. The molecule has 1 saturated heterocycles. The molecule has 1 atom stereocenters. The van der Waals surface area contributed by atoms with E-state index in [2.05, 4.69) is 15.3 Å². The number of anilines is 1. The Morgan fingerprint density at radius 1 is 1.19 bits per heavy atom. The molecule has 3 rings (SSSR count). The van der Waals surface area contributed by atoms with E-state index in [-0.39, 0.29) is 17.9 Å². The topological polar surface area (TPSA) is 58.1 Å². The van der Waals surface area contributed by atoms with Crippen LogP contribution in [-0.2, 0) is 11.0 Å². The number of hydrogen-bond acceptors (Lipinski definition) is 4. The number of piperidine rings is 1. The quantitative estimate of drug-likeness (QED) is 0.883. The third-order valence-electron chi connectivity index (χ3n) is 4.76. The number of carbonyl (C=O) groups is 1. The first-order valence-electron chi connectivity index (χ1n) is 8.84. The number of alkyl halides is 3. The molecule has 1 aliphatic heterocycles. The molecule has 2 aromatic rings. The number of nitrogens with zero attached hydrogens (tertiary/aromatic N) is 3. The molecule has 0 aromatic carbocycles. The number of amides is 1. The van der Waals surface area contributed by atoms with Gasteiger partial charge in [-0.3, -0.25) is 9.78 Å². The van der Waals surface area contributed by atoms with Crippen LogP contribution in [0.3, 0.4) is 0 Å². The van der Waals surface area contributed by atoms with Crippen LogP contribution >= 0.6 is 0 Å². The Kier molecular flexibility index (Phi) is 5.62. The van der Waals surface area contributed by atoms with E-state index in [1.165, 1.54) is 6.07 Å². The van der Waals surface area contributed by atoms with E-state index < -0.39 is 11.7 Å². The molecule has 144 valence electrons. The van der Waals surface area contributed by atoms with Gasteiger partial charge in [-0.2, -0.15) is 13.2 Å². The lowest BCUT2D eigenvalue weighted by Crippen LogP contribution is -2.41. The second kappa shape index (κ2) is 7.94. The van der Waals surface area contributed by atoms with Gasteiger partial charge < -0.3 is 10.2 Å². The normalized spacial score (nSPS) is 16.8. The van der Waals surface area contributed by atoms with Crippen LogP contribution in [0.4, 0.5) is 19.0 Å². The Morgan fingerprint density at radius 3 is 2.48 bits per heavy atom. The second-order valence-corrected chi connectivity index (χ2v) is 6.65. The van der Waals surface area contributed by atoms with E-state index in [0.29, 0.717) is 31.7 Å². The summed E-state index contributed by atoms with van der Waals surface area (Å²) in [4.78, 5) is 22.6. The van der Waals surface area contributed by atoms with E-state index in [1.54, 1.807) is 6.20 Å². The Balaban J connectivity index is 1.53. The lowest BCUT2D eigenvalue weighted by molar-refractivity contribution is -0.137. The third-order valence-corrected chi connectivity index (χ3v) is 4.76. The molecule has 8 heteroatoms. The number of hydrogen-bond donors (Lipinski definition) is 1. The zero-order valence-electron chi connectivity index (χ0n) is 14.9. The summed E-state index contributed by atoms with van der Waals surface area (Å²) in [5.41, 5.74) is 0.0428. The number of halogens is 3. The van der Waals surface area contributed by atoms with Crippen LogP contribution in [-0.4, -0.2) is 29.0 Å². The number of carbonyl (C=O) groups excluding carboxylic acids is 1. The molecular formula is C19H21F3N4O. The van der Waals surface area contributed by atoms with Crippen molar-refractivity contribution in [2.24, 2.45) is 5.92 Å². The molecule has 1 N–H and O–H groups in total. The first kappa shape index (κ1) is 19.1. The van der Waals surface area contributed by atoms with Crippen LogP contribution in [0.25, 0.3) is 0 Å². The highest BCUT2D eigenvalue weighted by atomic mass is 19.4. The Hall–Kier alpha value is -2.64. The average Bonchev–Trinajstić information content (AvgIpc) is 2.68. The van der Waals surface area contributed by atoms with Gasteiger partial charge in [-0.25, -0.2) is 4.98 Å². The Bertz CT molecular complexity index is 757. The molecule has 0 spiro atoms. The molecule has 0 saturated carbocycles. The molecular weight excluding hydrogens is 357 g/mol. The second-order valence-electron chi connectivity index (χ2n) is 6.65. The van der Waals surface area contributed by atoms with E-state index in [9.17, 15) is 18.0 Å². The summed E-state index contributed by atoms with van der Waals surface area (Å²) in [5, 5.41) is 2.98. The van der Waals surface area contributed by atoms with Crippen LogP contribution < -0.4 is 10.2 Å². The minimum Gasteiger partial charge on any atom is -0.357 e. The summed E-state index contributed by atoms with van der Waals surface area (Å²) in [6.07, 6.45) is -0.593. The van der Waals surface area contributed by atoms with Gasteiger partial charge in [-0.15, -0.1) is 0 Å². The summed E-state index contributed by atoms with van der Waals surface area (Å²) in [6.45, 7) is 3.05.